The van der Waals surface area contributed by atoms with Gasteiger partial charge in [0, 0.05) is 42.5 Å². The second-order valence-corrected chi connectivity index (χ2v) is 7.40. The Morgan fingerprint density at radius 1 is 1.14 bits per heavy atom. The average molecular weight is 392 g/mol. The maximum Gasteiger partial charge on any atom is 0.258 e. The zero-order chi connectivity index (χ0) is 19.5. The number of pyridine rings is 2. The third-order valence-electron chi connectivity index (χ3n) is 4.39. The number of hydrogen-bond acceptors (Lipinski definition) is 6. The minimum absolute atomic E-state index is 0.0724. The van der Waals surface area contributed by atoms with Crippen molar-refractivity contribution in [3.8, 4) is 11.4 Å². The zero-order valence-electron chi connectivity index (χ0n) is 15.7. The standard InChI is InChI=1S/C20H20N6OS/c1-3-10-26-19(15-6-8-21-9-7-15)23-24-20(26)28-13-16-12-17(27)25-11-4-5-14(2)18(25)22-16/h4-9,11-12H,3,10,13H2,1-2H3. The van der Waals surface area contributed by atoms with E-state index in [0.29, 0.717) is 11.4 Å². The van der Waals surface area contributed by atoms with Crippen LogP contribution < -0.4 is 5.56 Å². The van der Waals surface area contributed by atoms with Gasteiger partial charge in [-0.05, 0) is 37.1 Å². The Morgan fingerprint density at radius 3 is 2.75 bits per heavy atom. The van der Waals surface area contributed by atoms with Crippen molar-refractivity contribution in [1.82, 2.24) is 29.1 Å². The molecule has 0 aromatic carbocycles. The molecule has 4 aromatic rings. The molecule has 0 amide bonds. The third kappa shape index (κ3) is 3.55. The molecule has 0 bridgehead atoms. The fourth-order valence-electron chi connectivity index (χ4n) is 3.06. The molecule has 0 spiro atoms. The van der Waals surface area contributed by atoms with E-state index in [2.05, 4.69) is 31.7 Å². The number of rotatable bonds is 6. The highest BCUT2D eigenvalue weighted by Crippen LogP contribution is 2.26. The van der Waals surface area contributed by atoms with Crippen LogP contribution >= 0.6 is 11.8 Å². The highest BCUT2D eigenvalue weighted by molar-refractivity contribution is 7.98. The first-order valence-corrected chi connectivity index (χ1v) is 10.1. The summed E-state index contributed by atoms with van der Waals surface area (Å²) in [7, 11) is 0. The lowest BCUT2D eigenvalue weighted by Gasteiger charge is -2.09. The summed E-state index contributed by atoms with van der Waals surface area (Å²) in [5.41, 5.74) is 3.32. The van der Waals surface area contributed by atoms with Crippen LogP contribution in [0.1, 0.15) is 24.6 Å². The molecule has 7 nitrogen and oxygen atoms in total. The Morgan fingerprint density at radius 2 is 1.96 bits per heavy atom. The Labute approximate surface area is 166 Å². The molecule has 142 valence electrons. The fraction of sp³-hybridized carbons (Fsp3) is 0.250. The zero-order valence-corrected chi connectivity index (χ0v) is 16.6. The van der Waals surface area contributed by atoms with Crippen molar-refractivity contribution < 1.29 is 0 Å². The predicted molar refractivity (Wildman–Crippen MR) is 109 cm³/mol. The number of aryl methyl sites for hydroxylation is 1. The topological polar surface area (TPSA) is 78.0 Å². The van der Waals surface area contributed by atoms with Crippen LogP contribution in [0.15, 0.2) is 58.9 Å². The van der Waals surface area contributed by atoms with E-state index in [1.54, 1.807) is 40.8 Å². The second-order valence-electron chi connectivity index (χ2n) is 6.45. The van der Waals surface area contributed by atoms with Crippen molar-refractivity contribution in [2.24, 2.45) is 0 Å². The van der Waals surface area contributed by atoms with Crippen LogP contribution in [0.25, 0.3) is 17.0 Å². The minimum atomic E-state index is -0.0724. The van der Waals surface area contributed by atoms with E-state index in [9.17, 15) is 4.79 Å². The van der Waals surface area contributed by atoms with Gasteiger partial charge in [-0.3, -0.25) is 14.2 Å². The maximum atomic E-state index is 12.4. The van der Waals surface area contributed by atoms with Gasteiger partial charge in [0.2, 0.25) is 0 Å². The van der Waals surface area contributed by atoms with Gasteiger partial charge in [0.25, 0.3) is 5.56 Å². The molecule has 0 aliphatic heterocycles. The highest BCUT2D eigenvalue weighted by Gasteiger charge is 2.14. The Bertz CT molecular complexity index is 1170. The molecule has 4 aromatic heterocycles. The molecule has 4 rings (SSSR count). The van der Waals surface area contributed by atoms with Gasteiger partial charge >= 0.3 is 0 Å². The highest BCUT2D eigenvalue weighted by atomic mass is 32.2. The summed E-state index contributed by atoms with van der Waals surface area (Å²) >= 11 is 1.54. The Hall–Kier alpha value is -3.00. The summed E-state index contributed by atoms with van der Waals surface area (Å²) in [5.74, 6) is 1.38. The maximum absolute atomic E-state index is 12.4. The van der Waals surface area contributed by atoms with Crippen LogP contribution in [-0.2, 0) is 12.3 Å². The summed E-state index contributed by atoms with van der Waals surface area (Å²) in [4.78, 5) is 21.1. The third-order valence-corrected chi connectivity index (χ3v) is 5.39. The van der Waals surface area contributed by atoms with Crippen molar-refractivity contribution in [1.29, 1.82) is 0 Å². The van der Waals surface area contributed by atoms with Crippen LogP contribution in [0.4, 0.5) is 0 Å². The molecular formula is C20H20N6OS. The molecule has 0 saturated heterocycles. The molecule has 0 aliphatic carbocycles. The molecule has 0 unspecified atom stereocenters. The Kier molecular flexibility index (Phi) is 5.21. The molecule has 0 radical (unpaired) electrons. The minimum Gasteiger partial charge on any atom is -0.302 e. The number of thioether (sulfide) groups is 1. The molecule has 0 saturated carbocycles. The molecule has 8 heteroatoms. The summed E-state index contributed by atoms with van der Waals surface area (Å²) in [6.07, 6.45) is 6.22. The van der Waals surface area contributed by atoms with Gasteiger partial charge < -0.3 is 4.57 Å². The van der Waals surface area contributed by atoms with E-state index in [1.807, 2.05) is 31.2 Å². The van der Waals surface area contributed by atoms with E-state index in [0.717, 1.165) is 40.8 Å². The lowest BCUT2D eigenvalue weighted by Crippen LogP contribution is -2.15. The van der Waals surface area contributed by atoms with Gasteiger partial charge in [-0.25, -0.2) is 4.98 Å². The average Bonchev–Trinajstić information content (AvgIpc) is 3.11. The van der Waals surface area contributed by atoms with E-state index in [1.165, 1.54) is 0 Å². The summed E-state index contributed by atoms with van der Waals surface area (Å²) < 4.78 is 3.68. The van der Waals surface area contributed by atoms with E-state index < -0.39 is 0 Å². The number of aromatic nitrogens is 6. The number of fused-ring (bicyclic) bond motifs is 1. The molecular weight excluding hydrogens is 372 g/mol. The Balaban J connectivity index is 1.64. The van der Waals surface area contributed by atoms with E-state index >= 15 is 0 Å². The lowest BCUT2D eigenvalue weighted by atomic mass is 10.2. The van der Waals surface area contributed by atoms with Gasteiger partial charge in [-0.15, -0.1) is 10.2 Å². The van der Waals surface area contributed by atoms with Gasteiger partial charge in [-0.1, -0.05) is 24.8 Å². The van der Waals surface area contributed by atoms with Crippen LogP contribution in [0, 0.1) is 6.92 Å². The van der Waals surface area contributed by atoms with E-state index in [4.69, 9.17) is 0 Å². The first kappa shape index (κ1) is 18.4. The predicted octanol–water partition coefficient (Wildman–Crippen LogP) is 3.36. The summed E-state index contributed by atoms with van der Waals surface area (Å²) in [6.45, 7) is 4.90. The van der Waals surface area contributed by atoms with Gasteiger partial charge in [-0.2, -0.15) is 0 Å². The van der Waals surface area contributed by atoms with Crippen molar-refractivity contribution in [3.63, 3.8) is 0 Å². The summed E-state index contributed by atoms with van der Waals surface area (Å²) in [5, 5.41) is 9.57. The lowest BCUT2D eigenvalue weighted by molar-refractivity contribution is 0.626. The van der Waals surface area contributed by atoms with Crippen molar-refractivity contribution in [2.45, 2.75) is 37.7 Å². The van der Waals surface area contributed by atoms with Crippen LogP contribution in [0.5, 0.6) is 0 Å². The number of nitrogens with zero attached hydrogens (tertiary/aromatic N) is 6. The summed E-state index contributed by atoms with van der Waals surface area (Å²) in [6, 6.07) is 9.26. The SMILES string of the molecule is CCCn1c(SCc2cc(=O)n3cccc(C)c3n2)nnc1-c1ccncc1. The van der Waals surface area contributed by atoms with Crippen LogP contribution in [0.2, 0.25) is 0 Å². The molecule has 28 heavy (non-hydrogen) atoms. The largest absolute Gasteiger partial charge is 0.302 e. The quantitative estimate of drug-likeness (QED) is 0.468. The van der Waals surface area contributed by atoms with Gasteiger partial charge in [0.1, 0.15) is 5.65 Å². The fourth-order valence-corrected chi connectivity index (χ4v) is 3.91. The molecule has 4 heterocycles. The van der Waals surface area contributed by atoms with Crippen molar-refractivity contribution in [3.05, 3.63) is 70.5 Å². The molecule has 0 N–H and O–H groups in total. The van der Waals surface area contributed by atoms with Gasteiger partial charge in [0.05, 0.1) is 5.69 Å². The first-order chi connectivity index (χ1) is 13.7. The van der Waals surface area contributed by atoms with Crippen molar-refractivity contribution in [2.75, 3.05) is 0 Å². The molecule has 0 atom stereocenters. The second kappa shape index (κ2) is 7.93. The monoisotopic (exact) mass is 392 g/mol. The van der Waals surface area contributed by atoms with Crippen LogP contribution in [0.3, 0.4) is 0 Å². The smallest absolute Gasteiger partial charge is 0.258 e. The van der Waals surface area contributed by atoms with Gasteiger partial charge in [0.15, 0.2) is 11.0 Å². The number of hydrogen-bond donors (Lipinski definition) is 0. The molecule has 0 aliphatic rings. The van der Waals surface area contributed by atoms with E-state index in [-0.39, 0.29) is 5.56 Å². The molecule has 0 fully saturated rings. The van der Waals surface area contributed by atoms with Crippen molar-refractivity contribution >= 4 is 17.4 Å². The van der Waals surface area contributed by atoms with Crippen LogP contribution in [-0.4, -0.2) is 29.1 Å². The normalized spacial score (nSPS) is 11.2. The first-order valence-electron chi connectivity index (χ1n) is 9.11.